The maximum atomic E-state index is 12.0. The fourth-order valence-electron chi connectivity index (χ4n) is 2.69. The van der Waals surface area contributed by atoms with E-state index in [9.17, 15) is 4.79 Å². The highest BCUT2D eigenvalue weighted by atomic mass is 35.5. The summed E-state index contributed by atoms with van der Waals surface area (Å²) in [6.07, 6.45) is 0. The molecule has 1 aromatic heterocycles. The molecule has 8 heteroatoms. The second kappa shape index (κ2) is 7.92. The molecule has 0 radical (unpaired) electrons. The van der Waals surface area contributed by atoms with Gasteiger partial charge in [-0.2, -0.15) is 4.98 Å². The Balaban J connectivity index is 1.64. The predicted octanol–water partition coefficient (Wildman–Crippen LogP) is 3.59. The molecule has 0 aliphatic rings. The lowest BCUT2D eigenvalue weighted by atomic mass is 10.0. The summed E-state index contributed by atoms with van der Waals surface area (Å²) in [6.45, 7) is 2.21. The minimum Gasteiger partial charge on any atom is -0.383 e. The molecule has 6 N–H and O–H groups in total. The van der Waals surface area contributed by atoms with Crippen molar-refractivity contribution in [3.8, 4) is 11.1 Å². The number of aromatic nitrogens is 2. The normalized spacial score (nSPS) is 10.4. The molecular formula is C19H19ClN6O. The Morgan fingerprint density at radius 1 is 1.11 bits per heavy atom. The zero-order chi connectivity index (χ0) is 19.4. The third kappa shape index (κ3) is 4.65. The number of amides is 2. The van der Waals surface area contributed by atoms with Crippen molar-refractivity contribution >= 4 is 35.1 Å². The quantitative estimate of drug-likeness (QED) is 0.549. The molecule has 2 aromatic carbocycles. The Hall–Kier alpha value is -3.32. The molecule has 0 saturated carbocycles. The molecule has 0 fully saturated rings. The maximum Gasteiger partial charge on any atom is 0.319 e. The fraction of sp³-hybridized carbons (Fsp3) is 0.105. The number of carbonyl (C=O) groups excluding carboxylic acids is 1. The highest BCUT2D eigenvalue weighted by Gasteiger charge is 2.10. The lowest BCUT2D eigenvalue weighted by Gasteiger charge is -2.11. The predicted molar refractivity (Wildman–Crippen MR) is 108 cm³/mol. The second-order valence-corrected chi connectivity index (χ2v) is 6.38. The van der Waals surface area contributed by atoms with Crippen LogP contribution in [0.15, 0.2) is 48.5 Å². The van der Waals surface area contributed by atoms with Crippen LogP contribution < -0.4 is 22.1 Å². The molecule has 0 bridgehead atoms. The molecule has 138 valence electrons. The van der Waals surface area contributed by atoms with E-state index in [1.54, 1.807) is 24.3 Å². The van der Waals surface area contributed by atoms with Gasteiger partial charge in [-0.05, 0) is 36.2 Å². The van der Waals surface area contributed by atoms with Crippen molar-refractivity contribution in [2.45, 2.75) is 13.5 Å². The number of nitrogens with zero attached hydrogens (tertiary/aromatic N) is 2. The van der Waals surface area contributed by atoms with E-state index in [1.807, 2.05) is 31.2 Å². The van der Waals surface area contributed by atoms with Crippen LogP contribution in [0, 0.1) is 6.92 Å². The number of benzene rings is 2. The van der Waals surface area contributed by atoms with Crippen molar-refractivity contribution in [1.82, 2.24) is 15.3 Å². The molecule has 0 unspecified atom stereocenters. The van der Waals surface area contributed by atoms with Gasteiger partial charge in [-0.1, -0.05) is 41.9 Å². The third-order valence-corrected chi connectivity index (χ3v) is 4.15. The number of urea groups is 1. The van der Waals surface area contributed by atoms with E-state index in [1.165, 1.54) is 0 Å². The average Bonchev–Trinajstić information content (AvgIpc) is 2.60. The van der Waals surface area contributed by atoms with Gasteiger partial charge < -0.3 is 22.1 Å². The molecular weight excluding hydrogens is 364 g/mol. The van der Waals surface area contributed by atoms with Crippen LogP contribution in [-0.2, 0) is 6.54 Å². The van der Waals surface area contributed by atoms with Crippen LogP contribution in [0.2, 0.25) is 5.02 Å². The van der Waals surface area contributed by atoms with E-state index in [2.05, 4.69) is 20.6 Å². The van der Waals surface area contributed by atoms with Gasteiger partial charge in [0.2, 0.25) is 5.95 Å². The van der Waals surface area contributed by atoms with Crippen molar-refractivity contribution in [3.05, 3.63) is 64.8 Å². The molecule has 3 rings (SSSR count). The Morgan fingerprint density at radius 2 is 1.85 bits per heavy atom. The number of carbonyl (C=O) groups is 1. The van der Waals surface area contributed by atoms with Crippen molar-refractivity contribution in [1.29, 1.82) is 0 Å². The van der Waals surface area contributed by atoms with E-state index in [-0.39, 0.29) is 12.0 Å². The number of nitrogens with one attached hydrogen (secondary N) is 2. The van der Waals surface area contributed by atoms with Gasteiger partial charge in [0.05, 0.1) is 5.69 Å². The number of hydrogen-bond donors (Lipinski definition) is 4. The minimum absolute atomic E-state index is 0.153. The first-order valence-corrected chi connectivity index (χ1v) is 8.59. The summed E-state index contributed by atoms with van der Waals surface area (Å²) < 4.78 is 0. The first-order valence-electron chi connectivity index (χ1n) is 8.21. The molecule has 0 aliphatic carbocycles. The van der Waals surface area contributed by atoms with Gasteiger partial charge in [0.25, 0.3) is 0 Å². The van der Waals surface area contributed by atoms with Crippen molar-refractivity contribution in [2.24, 2.45) is 0 Å². The Morgan fingerprint density at radius 3 is 2.52 bits per heavy atom. The molecule has 3 aromatic rings. The Labute approximate surface area is 161 Å². The largest absolute Gasteiger partial charge is 0.383 e. The summed E-state index contributed by atoms with van der Waals surface area (Å²) in [7, 11) is 0. The van der Waals surface area contributed by atoms with Crippen LogP contribution in [-0.4, -0.2) is 16.0 Å². The lowest BCUT2D eigenvalue weighted by Crippen LogP contribution is -2.28. The van der Waals surface area contributed by atoms with Crippen molar-refractivity contribution in [3.63, 3.8) is 0 Å². The van der Waals surface area contributed by atoms with E-state index in [0.29, 0.717) is 28.8 Å². The second-order valence-electron chi connectivity index (χ2n) is 5.94. The van der Waals surface area contributed by atoms with Gasteiger partial charge in [0, 0.05) is 22.8 Å². The summed E-state index contributed by atoms with van der Waals surface area (Å²) in [4.78, 5) is 20.2. The molecule has 0 aliphatic heterocycles. The number of halogens is 1. The number of rotatable bonds is 4. The van der Waals surface area contributed by atoms with Crippen LogP contribution in [0.3, 0.4) is 0 Å². The lowest BCUT2D eigenvalue weighted by molar-refractivity contribution is 0.251. The fourth-order valence-corrected chi connectivity index (χ4v) is 2.88. The molecule has 0 saturated heterocycles. The molecule has 0 spiro atoms. The summed E-state index contributed by atoms with van der Waals surface area (Å²) in [5.74, 6) is 0.493. The van der Waals surface area contributed by atoms with E-state index in [4.69, 9.17) is 23.1 Å². The average molecular weight is 383 g/mol. The number of nitrogen functional groups attached to an aromatic ring is 2. The van der Waals surface area contributed by atoms with Gasteiger partial charge in [0.15, 0.2) is 0 Å². The number of hydrogen-bond acceptors (Lipinski definition) is 5. The number of aryl methyl sites for hydroxylation is 1. The standard InChI is InChI=1S/C19H19ClN6O/c1-11-16(17(21)26-18(22)24-11)13-7-5-12(6-8-13)10-23-19(27)25-15-4-2-3-14(20)9-15/h2-9H,10H2,1H3,(H2,23,25,27)(H4,21,22,24,26). The molecule has 27 heavy (non-hydrogen) atoms. The van der Waals surface area contributed by atoms with E-state index >= 15 is 0 Å². The summed E-state index contributed by atoms with van der Waals surface area (Å²) in [5.41, 5.74) is 15.5. The van der Waals surface area contributed by atoms with E-state index < -0.39 is 0 Å². The zero-order valence-electron chi connectivity index (χ0n) is 14.7. The maximum absolute atomic E-state index is 12.0. The smallest absolute Gasteiger partial charge is 0.319 e. The number of anilines is 3. The zero-order valence-corrected chi connectivity index (χ0v) is 15.4. The van der Waals surface area contributed by atoms with Crippen molar-refractivity contribution < 1.29 is 4.79 Å². The minimum atomic E-state index is -0.312. The van der Waals surface area contributed by atoms with Crippen LogP contribution in [0.25, 0.3) is 11.1 Å². The van der Waals surface area contributed by atoms with Crippen LogP contribution >= 0.6 is 11.6 Å². The van der Waals surface area contributed by atoms with Crippen LogP contribution in [0.5, 0.6) is 0 Å². The number of nitrogens with two attached hydrogens (primary N) is 2. The third-order valence-electron chi connectivity index (χ3n) is 3.91. The molecule has 1 heterocycles. The van der Waals surface area contributed by atoms with Gasteiger partial charge >= 0.3 is 6.03 Å². The SMILES string of the molecule is Cc1nc(N)nc(N)c1-c1ccc(CNC(=O)Nc2cccc(Cl)c2)cc1. The summed E-state index contributed by atoms with van der Waals surface area (Å²) >= 11 is 5.90. The summed E-state index contributed by atoms with van der Waals surface area (Å²) in [5, 5.41) is 6.09. The van der Waals surface area contributed by atoms with Gasteiger partial charge in [-0.25, -0.2) is 9.78 Å². The molecule has 0 atom stereocenters. The Kier molecular flexibility index (Phi) is 5.42. The first kappa shape index (κ1) is 18.5. The summed E-state index contributed by atoms with van der Waals surface area (Å²) in [6, 6.07) is 14.3. The highest BCUT2D eigenvalue weighted by Crippen LogP contribution is 2.27. The first-order chi connectivity index (χ1) is 12.9. The Bertz CT molecular complexity index is 951. The van der Waals surface area contributed by atoms with Crippen LogP contribution in [0.4, 0.5) is 22.2 Å². The van der Waals surface area contributed by atoms with Crippen LogP contribution in [0.1, 0.15) is 11.3 Å². The van der Waals surface area contributed by atoms with Gasteiger partial charge in [-0.15, -0.1) is 0 Å². The highest BCUT2D eigenvalue weighted by molar-refractivity contribution is 6.30. The topological polar surface area (TPSA) is 119 Å². The van der Waals surface area contributed by atoms with Gasteiger partial charge in [-0.3, -0.25) is 0 Å². The van der Waals surface area contributed by atoms with E-state index in [0.717, 1.165) is 16.7 Å². The monoisotopic (exact) mass is 382 g/mol. The van der Waals surface area contributed by atoms with Gasteiger partial charge in [0.1, 0.15) is 5.82 Å². The molecule has 2 amide bonds. The molecule has 7 nitrogen and oxygen atoms in total. The van der Waals surface area contributed by atoms with Crippen molar-refractivity contribution in [2.75, 3.05) is 16.8 Å².